The number of aliphatic hydroxyl groups is 1. The van der Waals surface area contributed by atoms with Crippen molar-refractivity contribution in [1.82, 2.24) is 29.8 Å². The third kappa shape index (κ3) is 5.55. The number of carboxylic acids is 1. The second-order valence-electron chi connectivity index (χ2n) is 10.3. The van der Waals surface area contributed by atoms with E-state index in [1.165, 1.54) is 0 Å². The highest BCUT2D eigenvalue weighted by Gasteiger charge is 2.31. The minimum absolute atomic E-state index is 0.0237. The lowest BCUT2D eigenvalue weighted by Crippen LogP contribution is -2.22. The quantitative estimate of drug-likeness (QED) is 0.252. The van der Waals surface area contributed by atoms with E-state index in [9.17, 15) is 15.0 Å². The fraction of sp³-hybridized carbons (Fsp3) is 0.258. The van der Waals surface area contributed by atoms with Crippen LogP contribution in [-0.4, -0.2) is 45.9 Å². The first-order valence-corrected chi connectivity index (χ1v) is 13.3. The van der Waals surface area contributed by atoms with Gasteiger partial charge in [-0.25, -0.2) is 14.5 Å². The van der Waals surface area contributed by atoms with Crippen molar-refractivity contribution in [2.75, 3.05) is 0 Å². The second-order valence-corrected chi connectivity index (χ2v) is 10.3. The van der Waals surface area contributed by atoms with Gasteiger partial charge in [0.2, 0.25) is 0 Å². The number of aryl methyl sites for hydroxylation is 1. The number of aromatic nitrogens is 6. The molecule has 9 heteroatoms. The van der Waals surface area contributed by atoms with E-state index in [1.54, 1.807) is 23.1 Å². The van der Waals surface area contributed by atoms with Crippen molar-refractivity contribution in [3.63, 3.8) is 0 Å². The average Bonchev–Trinajstić information content (AvgIpc) is 3.55. The zero-order chi connectivity index (χ0) is 28.3. The summed E-state index contributed by atoms with van der Waals surface area (Å²) in [7, 11) is 0. The molecule has 3 aromatic carbocycles. The predicted octanol–water partition coefficient (Wildman–Crippen LogP) is 5.18. The van der Waals surface area contributed by atoms with Gasteiger partial charge in [-0.2, -0.15) is 0 Å². The molecule has 5 aromatic rings. The Labute approximate surface area is 232 Å². The minimum atomic E-state index is -1.37. The Bertz CT molecular complexity index is 1620. The zero-order valence-electron chi connectivity index (χ0n) is 22.8. The van der Waals surface area contributed by atoms with E-state index in [-0.39, 0.29) is 11.4 Å². The maximum atomic E-state index is 12.2. The van der Waals surface area contributed by atoms with Crippen molar-refractivity contribution < 1.29 is 15.0 Å². The van der Waals surface area contributed by atoms with Gasteiger partial charge in [-0.3, -0.25) is 0 Å². The standard InChI is InChI=1S/C31H32N6O3/c1-4-10-26-32-28(31(2,3)40)27(30(38)39)36(26)19-22-15-17-23(18-16-22)24-13-8-9-14-25(24)29-33-34-35-37(29)20-21-11-6-5-7-12-21/h5-9,11-18,40H,4,10,19-20H2,1-3H3,(H,38,39). The van der Waals surface area contributed by atoms with Crippen LogP contribution in [0.3, 0.4) is 0 Å². The molecule has 0 fully saturated rings. The van der Waals surface area contributed by atoms with Crippen LogP contribution in [0.1, 0.15) is 60.3 Å². The van der Waals surface area contributed by atoms with Crippen LogP contribution in [-0.2, 0) is 25.1 Å². The first kappa shape index (κ1) is 27.0. The van der Waals surface area contributed by atoms with Crippen molar-refractivity contribution in [1.29, 1.82) is 0 Å². The third-order valence-electron chi connectivity index (χ3n) is 6.78. The number of nitrogens with zero attached hydrogens (tertiary/aromatic N) is 6. The average molecular weight is 537 g/mol. The molecule has 0 aliphatic carbocycles. The van der Waals surface area contributed by atoms with E-state index in [4.69, 9.17) is 0 Å². The molecule has 2 heterocycles. The highest BCUT2D eigenvalue weighted by atomic mass is 16.4. The number of tetrazole rings is 1. The smallest absolute Gasteiger partial charge is 0.354 e. The molecule has 5 rings (SSSR count). The van der Waals surface area contributed by atoms with Crippen LogP contribution in [0.2, 0.25) is 0 Å². The Morgan fingerprint density at radius 2 is 1.52 bits per heavy atom. The molecule has 9 nitrogen and oxygen atoms in total. The first-order valence-electron chi connectivity index (χ1n) is 13.3. The number of hydrogen-bond acceptors (Lipinski definition) is 6. The van der Waals surface area contributed by atoms with E-state index in [0.29, 0.717) is 31.2 Å². The highest BCUT2D eigenvalue weighted by Crippen LogP contribution is 2.32. The number of imidazole rings is 1. The fourth-order valence-corrected chi connectivity index (χ4v) is 4.89. The summed E-state index contributed by atoms with van der Waals surface area (Å²) in [6, 6.07) is 26.1. The summed E-state index contributed by atoms with van der Waals surface area (Å²) in [5, 5.41) is 33.1. The second kappa shape index (κ2) is 11.2. The Morgan fingerprint density at radius 1 is 0.875 bits per heavy atom. The summed E-state index contributed by atoms with van der Waals surface area (Å²) in [6.45, 7) is 6.03. The van der Waals surface area contributed by atoms with Gasteiger partial charge in [0.05, 0.1) is 6.54 Å². The number of aromatic carboxylic acids is 1. The van der Waals surface area contributed by atoms with Gasteiger partial charge in [0, 0.05) is 18.5 Å². The Hall–Kier alpha value is -4.63. The maximum absolute atomic E-state index is 12.2. The number of hydrogen-bond donors (Lipinski definition) is 2. The van der Waals surface area contributed by atoms with Gasteiger partial charge in [-0.15, -0.1) is 5.10 Å². The molecule has 0 amide bonds. The molecule has 0 saturated carbocycles. The van der Waals surface area contributed by atoms with E-state index >= 15 is 0 Å². The molecule has 0 unspecified atom stereocenters. The fourth-order valence-electron chi connectivity index (χ4n) is 4.89. The Kier molecular flexibility index (Phi) is 7.57. The molecule has 0 aliphatic heterocycles. The molecule has 40 heavy (non-hydrogen) atoms. The summed E-state index contributed by atoms with van der Waals surface area (Å²) in [6.07, 6.45) is 1.42. The van der Waals surface area contributed by atoms with Crippen molar-refractivity contribution in [2.45, 2.75) is 52.3 Å². The lowest BCUT2D eigenvalue weighted by Gasteiger charge is -2.16. The molecule has 2 N–H and O–H groups in total. The van der Waals surface area contributed by atoms with Crippen molar-refractivity contribution >= 4 is 5.97 Å². The van der Waals surface area contributed by atoms with E-state index in [2.05, 4.69) is 20.5 Å². The van der Waals surface area contributed by atoms with E-state index < -0.39 is 11.6 Å². The first-order chi connectivity index (χ1) is 19.3. The summed E-state index contributed by atoms with van der Waals surface area (Å²) >= 11 is 0. The third-order valence-corrected chi connectivity index (χ3v) is 6.78. The normalized spacial score (nSPS) is 11.6. The topological polar surface area (TPSA) is 119 Å². The van der Waals surface area contributed by atoms with Gasteiger partial charge in [-0.05, 0) is 52.9 Å². The molecule has 0 bridgehead atoms. The highest BCUT2D eigenvalue weighted by molar-refractivity contribution is 5.87. The monoisotopic (exact) mass is 536 g/mol. The van der Waals surface area contributed by atoms with Crippen LogP contribution >= 0.6 is 0 Å². The van der Waals surface area contributed by atoms with Gasteiger partial charge in [0.25, 0.3) is 0 Å². The molecule has 0 aliphatic rings. The summed E-state index contributed by atoms with van der Waals surface area (Å²) in [5.41, 5.74) is 3.76. The lowest BCUT2D eigenvalue weighted by molar-refractivity contribution is 0.0602. The van der Waals surface area contributed by atoms with Crippen LogP contribution < -0.4 is 0 Å². The molecule has 204 valence electrons. The molecule has 0 atom stereocenters. The largest absolute Gasteiger partial charge is 0.477 e. The number of rotatable bonds is 10. The molecule has 0 radical (unpaired) electrons. The summed E-state index contributed by atoms with van der Waals surface area (Å²) in [5.74, 6) is 0.221. The van der Waals surface area contributed by atoms with Gasteiger partial charge in [0.15, 0.2) is 11.5 Å². The predicted molar refractivity (Wildman–Crippen MR) is 152 cm³/mol. The number of benzene rings is 3. The van der Waals surface area contributed by atoms with Crippen LogP contribution in [0.4, 0.5) is 0 Å². The van der Waals surface area contributed by atoms with Crippen LogP contribution in [0.15, 0.2) is 78.9 Å². The van der Waals surface area contributed by atoms with Crippen LogP contribution in [0.5, 0.6) is 0 Å². The zero-order valence-corrected chi connectivity index (χ0v) is 22.8. The van der Waals surface area contributed by atoms with Gasteiger partial charge < -0.3 is 14.8 Å². The SMILES string of the molecule is CCCc1nc(C(C)(C)O)c(C(=O)O)n1Cc1ccc(-c2ccccc2-c2nnnn2Cc2ccccc2)cc1. The maximum Gasteiger partial charge on any atom is 0.354 e. The Balaban J connectivity index is 1.47. The minimum Gasteiger partial charge on any atom is -0.477 e. The molecule has 2 aromatic heterocycles. The van der Waals surface area contributed by atoms with E-state index in [1.807, 2.05) is 85.8 Å². The molecular weight excluding hydrogens is 504 g/mol. The summed E-state index contributed by atoms with van der Waals surface area (Å²) < 4.78 is 3.50. The van der Waals surface area contributed by atoms with Crippen molar-refractivity contribution in [3.8, 4) is 22.5 Å². The molecular formula is C31H32N6O3. The van der Waals surface area contributed by atoms with Gasteiger partial charge >= 0.3 is 5.97 Å². The van der Waals surface area contributed by atoms with Crippen molar-refractivity contribution in [3.05, 3.63) is 107 Å². The van der Waals surface area contributed by atoms with Crippen LogP contribution in [0.25, 0.3) is 22.5 Å². The van der Waals surface area contributed by atoms with Gasteiger partial charge in [0.1, 0.15) is 17.1 Å². The van der Waals surface area contributed by atoms with Crippen molar-refractivity contribution in [2.24, 2.45) is 0 Å². The van der Waals surface area contributed by atoms with E-state index in [0.717, 1.165) is 34.2 Å². The molecule has 0 spiro atoms. The van der Waals surface area contributed by atoms with Crippen LogP contribution in [0, 0.1) is 0 Å². The van der Waals surface area contributed by atoms with Gasteiger partial charge in [-0.1, -0.05) is 85.8 Å². The summed E-state index contributed by atoms with van der Waals surface area (Å²) in [4.78, 5) is 16.8. The number of carboxylic acid groups (broad SMARTS) is 1. The Morgan fingerprint density at radius 3 is 2.17 bits per heavy atom. The molecule has 0 saturated heterocycles. The number of carbonyl (C=O) groups is 1. The lowest BCUT2D eigenvalue weighted by atomic mass is 9.98.